The number of Topliss-reactive ketones (excluding diaryl/α,β-unsaturated/α-hetero) is 1. The SMILES string of the molecule is O=C(Cc1ccc2c(c1)[n+]([O-])c1ccccc1[n+]2[O-])C(F)(F)F. The van der Waals surface area contributed by atoms with Crippen molar-refractivity contribution in [2.45, 2.75) is 12.6 Å². The molecule has 1 heterocycles. The van der Waals surface area contributed by atoms with Gasteiger partial charge in [0.05, 0.1) is 0 Å². The number of rotatable bonds is 2. The topological polar surface area (TPSA) is 71.0 Å². The average Bonchev–Trinajstić information content (AvgIpc) is 2.51. The van der Waals surface area contributed by atoms with Crippen molar-refractivity contribution in [3.8, 4) is 0 Å². The van der Waals surface area contributed by atoms with Gasteiger partial charge in [-0.1, -0.05) is 18.2 Å². The molecule has 0 unspecified atom stereocenters. The van der Waals surface area contributed by atoms with E-state index in [1.165, 1.54) is 24.3 Å². The van der Waals surface area contributed by atoms with Gasteiger partial charge in [0.2, 0.25) is 5.78 Å². The summed E-state index contributed by atoms with van der Waals surface area (Å²) in [5.74, 6) is -1.91. The predicted octanol–water partition coefficient (Wildman–Crippen LogP) is 1.93. The smallest absolute Gasteiger partial charge is 0.450 e. The van der Waals surface area contributed by atoms with Crippen LogP contribution in [0.4, 0.5) is 13.2 Å². The van der Waals surface area contributed by atoms with E-state index in [1.54, 1.807) is 12.1 Å². The predicted molar refractivity (Wildman–Crippen MR) is 74.1 cm³/mol. The average molecular weight is 322 g/mol. The molecule has 5 nitrogen and oxygen atoms in total. The summed E-state index contributed by atoms with van der Waals surface area (Å²) in [5, 5.41) is 24.6. The summed E-state index contributed by atoms with van der Waals surface area (Å²) in [6.45, 7) is 0. The lowest BCUT2D eigenvalue weighted by Crippen LogP contribution is -2.39. The third kappa shape index (κ3) is 2.52. The summed E-state index contributed by atoms with van der Waals surface area (Å²) in [6, 6.07) is 9.67. The van der Waals surface area contributed by atoms with Gasteiger partial charge in [-0.2, -0.15) is 22.6 Å². The molecular weight excluding hydrogens is 313 g/mol. The van der Waals surface area contributed by atoms with E-state index in [4.69, 9.17) is 0 Å². The molecule has 8 heteroatoms. The molecule has 1 aromatic heterocycles. The molecule has 23 heavy (non-hydrogen) atoms. The van der Waals surface area contributed by atoms with Crippen LogP contribution >= 0.6 is 0 Å². The van der Waals surface area contributed by atoms with Crippen molar-refractivity contribution in [1.29, 1.82) is 0 Å². The minimum absolute atomic E-state index is 0.0136. The Kier molecular flexibility index (Phi) is 3.32. The molecule has 3 rings (SSSR count). The lowest BCUT2D eigenvalue weighted by Gasteiger charge is -2.09. The summed E-state index contributed by atoms with van der Waals surface area (Å²) >= 11 is 0. The Morgan fingerprint density at radius 2 is 1.43 bits per heavy atom. The summed E-state index contributed by atoms with van der Waals surface area (Å²) in [7, 11) is 0. The maximum Gasteiger partial charge on any atom is 0.450 e. The minimum atomic E-state index is -4.94. The van der Waals surface area contributed by atoms with Crippen molar-refractivity contribution in [3.05, 3.63) is 58.4 Å². The highest BCUT2D eigenvalue weighted by Crippen LogP contribution is 2.20. The molecule has 0 bridgehead atoms. The van der Waals surface area contributed by atoms with E-state index in [2.05, 4.69) is 0 Å². The molecule has 0 radical (unpaired) electrons. The monoisotopic (exact) mass is 322 g/mol. The highest BCUT2D eigenvalue weighted by molar-refractivity contribution is 5.87. The molecule has 2 aromatic carbocycles. The second kappa shape index (κ2) is 5.08. The molecule has 0 amide bonds. The van der Waals surface area contributed by atoms with Gasteiger partial charge in [0, 0.05) is 30.7 Å². The van der Waals surface area contributed by atoms with Crippen molar-refractivity contribution in [2.75, 3.05) is 0 Å². The Morgan fingerprint density at radius 1 is 0.913 bits per heavy atom. The number of fused-ring (bicyclic) bond motifs is 2. The molecule has 0 aliphatic heterocycles. The number of benzene rings is 2. The van der Waals surface area contributed by atoms with E-state index in [9.17, 15) is 28.4 Å². The first-order valence-electron chi connectivity index (χ1n) is 6.55. The maximum absolute atomic E-state index is 12.3. The highest BCUT2D eigenvalue weighted by Gasteiger charge is 2.38. The summed E-state index contributed by atoms with van der Waals surface area (Å²) in [4.78, 5) is 11.1. The van der Waals surface area contributed by atoms with E-state index in [-0.39, 0.29) is 27.6 Å². The molecular formula is C15H9F3N2O3. The van der Waals surface area contributed by atoms with Crippen molar-refractivity contribution in [2.24, 2.45) is 0 Å². The number of ketones is 1. The number of halogens is 3. The first-order valence-corrected chi connectivity index (χ1v) is 6.55. The molecule has 3 aromatic rings. The first-order chi connectivity index (χ1) is 10.8. The second-order valence-electron chi connectivity index (χ2n) is 5.00. The van der Waals surface area contributed by atoms with Gasteiger partial charge >= 0.3 is 6.18 Å². The molecule has 0 fully saturated rings. The van der Waals surface area contributed by atoms with Crippen LogP contribution in [0.5, 0.6) is 0 Å². The number of alkyl halides is 3. The molecule has 0 aliphatic carbocycles. The van der Waals surface area contributed by atoms with E-state index >= 15 is 0 Å². The molecule has 0 saturated heterocycles. The van der Waals surface area contributed by atoms with Crippen LogP contribution in [0.3, 0.4) is 0 Å². The number of carbonyl (C=O) groups excluding carboxylic acids is 1. The van der Waals surface area contributed by atoms with Gasteiger partial charge in [-0.25, -0.2) is 0 Å². The quantitative estimate of drug-likeness (QED) is 0.411. The summed E-state index contributed by atoms with van der Waals surface area (Å²) in [6.07, 6.45) is -5.82. The third-order valence-electron chi connectivity index (χ3n) is 3.48. The maximum atomic E-state index is 12.3. The molecule has 0 atom stereocenters. The number of hydrogen-bond donors (Lipinski definition) is 0. The zero-order valence-corrected chi connectivity index (χ0v) is 11.5. The van der Waals surface area contributed by atoms with E-state index in [1.807, 2.05) is 0 Å². The van der Waals surface area contributed by atoms with Gasteiger partial charge in [0.25, 0.3) is 22.1 Å². The summed E-state index contributed by atoms with van der Waals surface area (Å²) in [5.41, 5.74) is 0.177. The second-order valence-corrected chi connectivity index (χ2v) is 5.00. The Labute approximate surface area is 127 Å². The third-order valence-corrected chi connectivity index (χ3v) is 3.48. The van der Waals surface area contributed by atoms with Gasteiger partial charge in [0.1, 0.15) is 0 Å². The van der Waals surface area contributed by atoms with Crippen molar-refractivity contribution < 1.29 is 27.4 Å². The number of carbonyl (C=O) groups is 1. The number of para-hydroxylation sites is 2. The van der Waals surface area contributed by atoms with Crippen LogP contribution in [-0.2, 0) is 11.2 Å². The van der Waals surface area contributed by atoms with Gasteiger partial charge in [0.15, 0.2) is 0 Å². The minimum Gasteiger partial charge on any atom is -0.617 e. The number of hydrogen-bond acceptors (Lipinski definition) is 3. The van der Waals surface area contributed by atoms with Crippen LogP contribution in [0.25, 0.3) is 22.1 Å². The fourth-order valence-corrected chi connectivity index (χ4v) is 2.37. The Bertz CT molecular complexity index is 939. The lowest BCUT2D eigenvalue weighted by molar-refractivity contribution is -0.591. The van der Waals surface area contributed by atoms with Crippen molar-refractivity contribution in [3.63, 3.8) is 0 Å². The Balaban J connectivity index is 2.18. The molecule has 118 valence electrons. The normalized spacial score (nSPS) is 12.0. The Hall–Kier alpha value is -2.90. The molecule has 0 saturated carbocycles. The van der Waals surface area contributed by atoms with Gasteiger partial charge in [-0.3, -0.25) is 4.79 Å². The number of nitrogens with zero attached hydrogens (tertiary/aromatic N) is 2. The van der Waals surface area contributed by atoms with Crippen LogP contribution < -0.4 is 9.46 Å². The standard InChI is InChI=1S/C15H9F3N2O3/c16-15(17,18)14(21)8-9-5-6-12-13(7-9)20(23)11-4-2-1-3-10(11)19(12)22/h1-7H,8H2. The fraction of sp³-hybridized carbons (Fsp3) is 0.133. The molecule has 0 aliphatic rings. The summed E-state index contributed by atoms with van der Waals surface area (Å²) < 4.78 is 38.0. The van der Waals surface area contributed by atoms with Gasteiger partial charge in [-0.05, 0) is 5.56 Å². The van der Waals surface area contributed by atoms with Crippen LogP contribution in [0.2, 0.25) is 0 Å². The number of aromatic nitrogens is 2. The van der Waals surface area contributed by atoms with E-state index in [0.29, 0.717) is 9.46 Å². The van der Waals surface area contributed by atoms with Crippen molar-refractivity contribution in [1.82, 2.24) is 0 Å². The highest BCUT2D eigenvalue weighted by atomic mass is 19.4. The van der Waals surface area contributed by atoms with Crippen LogP contribution in [0.15, 0.2) is 42.5 Å². The lowest BCUT2D eigenvalue weighted by atomic mass is 10.1. The van der Waals surface area contributed by atoms with E-state index < -0.39 is 18.4 Å². The van der Waals surface area contributed by atoms with Crippen molar-refractivity contribution >= 4 is 27.9 Å². The Morgan fingerprint density at radius 3 is 2.00 bits per heavy atom. The van der Waals surface area contributed by atoms with Gasteiger partial charge < -0.3 is 10.4 Å². The van der Waals surface area contributed by atoms with Crippen LogP contribution in [0.1, 0.15) is 5.56 Å². The van der Waals surface area contributed by atoms with Gasteiger partial charge in [-0.15, -0.1) is 0 Å². The fourth-order valence-electron chi connectivity index (χ4n) is 2.37. The van der Waals surface area contributed by atoms with Crippen LogP contribution in [0, 0.1) is 10.4 Å². The molecule has 0 N–H and O–H groups in total. The van der Waals surface area contributed by atoms with E-state index in [0.717, 1.165) is 6.07 Å². The first kappa shape index (κ1) is 15.0. The van der Waals surface area contributed by atoms with Crippen LogP contribution in [-0.4, -0.2) is 12.0 Å². The molecule has 0 spiro atoms. The largest absolute Gasteiger partial charge is 0.617 e. The zero-order valence-electron chi connectivity index (χ0n) is 11.5. The zero-order chi connectivity index (χ0) is 16.8.